The van der Waals surface area contributed by atoms with Crippen molar-refractivity contribution in [1.82, 2.24) is 0 Å². The topological polar surface area (TPSA) is 61.5 Å². The lowest BCUT2D eigenvalue weighted by Gasteiger charge is -2.16. The van der Waals surface area contributed by atoms with Crippen LogP contribution in [0.2, 0.25) is 0 Å². The third-order valence-corrected chi connectivity index (χ3v) is 2.94. The number of carbonyl (C=O) groups excluding carboxylic acids is 1. The first-order valence-corrected chi connectivity index (χ1v) is 6.70. The highest BCUT2D eigenvalue weighted by Crippen LogP contribution is 2.24. The van der Waals surface area contributed by atoms with Gasteiger partial charge in [0.25, 0.3) is 0 Å². The third-order valence-electron chi connectivity index (χ3n) is 2.94. The summed E-state index contributed by atoms with van der Waals surface area (Å²) < 4.78 is 10.5. The first-order chi connectivity index (χ1) is 9.08. The molecule has 0 radical (unpaired) electrons. The largest absolute Gasteiger partial charge is 0.481 e. The lowest BCUT2D eigenvalue weighted by Crippen LogP contribution is -2.22. The zero-order valence-electron chi connectivity index (χ0n) is 11.9. The molecule has 0 aliphatic carbocycles. The maximum absolute atomic E-state index is 11.3. The van der Waals surface area contributed by atoms with E-state index in [2.05, 4.69) is 6.92 Å². The fourth-order valence-electron chi connectivity index (χ4n) is 1.84. The number of aryl methyl sites for hydroxylation is 1. The normalized spacial score (nSPS) is 12.0. The monoisotopic (exact) mass is 265 g/mol. The van der Waals surface area contributed by atoms with Crippen LogP contribution in [-0.4, -0.2) is 25.2 Å². The standard InChI is InChI=1S/C15H23NO3/c1-4-13(16)9-12-8-6-7-11(3)15(12)19-10-14(17)18-5-2/h6-8,13H,4-5,9-10,16H2,1-3H3. The molecule has 1 atom stereocenters. The van der Waals surface area contributed by atoms with Gasteiger partial charge in [0.15, 0.2) is 6.61 Å². The molecule has 0 fully saturated rings. The van der Waals surface area contributed by atoms with Gasteiger partial charge in [0.1, 0.15) is 5.75 Å². The van der Waals surface area contributed by atoms with Gasteiger partial charge in [-0.25, -0.2) is 4.79 Å². The number of rotatable bonds is 7. The zero-order chi connectivity index (χ0) is 14.3. The first kappa shape index (κ1) is 15.5. The highest BCUT2D eigenvalue weighted by atomic mass is 16.6. The van der Waals surface area contributed by atoms with Gasteiger partial charge in [-0.15, -0.1) is 0 Å². The lowest BCUT2D eigenvalue weighted by molar-refractivity contribution is -0.145. The summed E-state index contributed by atoms with van der Waals surface area (Å²) in [4.78, 5) is 11.3. The molecule has 106 valence electrons. The van der Waals surface area contributed by atoms with Crippen molar-refractivity contribution in [1.29, 1.82) is 0 Å². The zero-order valence-corrected chi connectivity index (χ0v) is 11.9. The van der Waals surface area contributed by atoms with Crippen LogP contribution >= 0.6 is 0 Å². The number of benzene rings is 1. The Labute approximate surface area is 114 Å². The van der Waals surface area contributed by atoms with Crippen molar-refractivity contribution in [2.24, 2.45) is 5.73 Å². The van der Waals surface area contributed by atoms with Gasteiger partial charge in [-0.05, 0) is 37.8 Å². The average Bonchev–Trinajstić information content (AvgIpc) is 2.38. The van der Waals surface area contributed by atoms with Crippen LogP contribution in [0.4, 0.5) is 0 Å². The lowest BCUT2D eigenvalue weighted by atomic mass is 10.0. The van der Waals surface area contributed by atoms with E-state index in [1.807, 2.05) is 25.1 Å². The molecule has 0 aromatic heterocycles. The molecule has 0 heterocycles. The molecule has 0 spiro atoms. The Bertz CT molecular complexity index is 418. The number of ether oxygens (including phenoxy) is 2. The molecule has 0 bridgehead atoms. The van der Waals surface area contributed by atoms with Gasteiger partial charge in [-0.3, -0.25) is 0 Å². The minimum Gasteiger partial charge on any atom is -0.481 e. The second-order valence-electron chi connectivity index (χ2n) is 4.53. The summed E-state index contributed by atoms with van der Waals surface area (Å²) in [5.41, 5.74) is 8.03. The van der Waals surface area contributed by atoms with Crippen molar-refractivity contribution >= 4 is 5.97 Å². The van der Waals surface area contributed by atoms with Gasteiger partial charge < -0.3 is 15.2 Å². The Hall–Kier alpha value is -1.55. The highest BCUT2D eigenvalue weighted by molar-refractivity contribution is 5.71. The van der Waals surface area contributed by atoms with Crippen LogP contribution in [0.5, 0.6) is 5.75 Å². The molecule has 0 amide bonds. The molecule has 1 aromatic carbocycles. The average molecular weight is 265 g/mol. The maximum atomic E-state index is 11.3. The number of hydrogen-bond donors (Lipinski definition) is 1. The summed E-state index contributed by atoms with van der Waals surface area (Å²) in [6.45, 7) is 6.09. The van der Waals surface area contributed by atoms with Crippen molar-refractivity contribution < 1.29 is 14.3 Å². The molecule has 0 saturated carbocycles. The van der Waals surface area contributed by atoms with Crippen LogP contribution < -0.4 is 10.5 Å². The van der Waals surface area contributed by atoms with E-state index in [1.54, 1.807) is 6.92 Å². The van der Waals surface area contributed by atoms with Crippen LogP contribution in [0.3, 0.4) is 0 Å². The van der Waals surface area contributed by atoms with Crippen molar-refractivity contribution in [2.75, 3.05) is 13.2 Å². The molecular weight excluding hydrogens is 242 g/mol. The van der Waals surface area contributed by atoms with Crippen LogP contribution in [0, 0.1) is 6.92 Å². The van der Waals surface area contributed by atoms with Crippen molar-refractivity contribution in [2.45, 2.75) is 39.7 Å². The van der Waals surface area contributed by atoms with Gasteiger partial charge in [0.05, 0.1) is 6.61 Å². The van der Waals surface area contributed by atoms with Crippen LogP contribution in [-0.2, 0) is 16.0 Å². The highest BCUT2D eigenvalue weighted by Gasteiger charge is 2.12. The molecule has 0 saturated heterocycles. The predicted molar refractivity (Wildman–Crippen MR) is 75.3 cm³/mol. The number of carbonyl (C=O) groups is 1. The number of nitrogens with two attached hydrogens (primary N) is 1. The smallest absolute Gasteiger partial charge is 0.344 e. The molecule has 0 aliphatic heterocycles. The summed E-state index contributed by atoms with van der Waals surface area (Å²) in [6, 6.07) is 6.03. The van der Waals surface area contributed by atoms with E-state index in [0.717, 1.165) is 29.7 Å². The van der Waals surface area contributed by atoms with E-state index in [0.29, 0.717) is 6.61 Å². The number of para-hydroxylation sites is 1. The molecule has 2 N–H and O–H groups in total. The van der Waals surface area contributed by atoms with E-state index in [9.17, 15) is 4.79 Å². The van der Waals surface area contributed by atoms with E-state index in [-0.39, 0.29) is 18.6 Å². The summed E-state index contributed by atoms with van der Waals surface area (Å²) >= 11 is 0. The van der Waals surface area contributed by atoms with Crippen molar-refractivity contribution in [3.05, 3.63) is 29.3 Å². The first-order valence-electron chi connectivity index (χ1n) is 6.70. The summed E-state index contributed by atoms with van der Waals surface area (Å²) in [5, 5.41) is 0. The molecule has 1 unspecified atom stereocenters. The van der Waals surface area contributed by atoms with Gasteiger partial charge in [-0.1, -0.05) is 25.1 Å². The Kier molecular flexibility index (Phi) is 6.36. The minimum absolute atomic E-state index is 0.0624. The SMILES string of the molecule is CCOC(=O)COc1c(C)cccc1CC(N)CC. The van der Waals surface area contributed by atoms with Crippen LogP contribution in [0.1, 0.15) is 31.4 Å². The Morgan fingerprint density at radius 1 is 1.37 bits per heavy atom. The van der Waals surface area contributed by atoms with Crippen LogP contribution in [0.15, 0.2) is 18.2 Å². The van der Waals surface area contributed by atoms with E-state index in [4.69, 9.17) is 15.2 Å². The third kappa shape index (κ3) is 4.91. The molecule has 0 aliphatic rings. The molecule has 4 nitrogen and oxygen atoms in total. The number of esters is 1. The van der Waals surface area contributed by atoms with Crippen LogP contribution in [0.25, 0.3) is 0 Å². The maximum Gasteiger partial charge on any atom is 0.344 e. The second kappa shape index (κ2) is 7.79. The van der Waals surface area contributed by atoms with Crippen molar-refractivity contribution in [3.63, 3.8) is 0 Å². The summed E-state index contributed by atoms with van der Waals surface area (Å²) in [6.07, 6.45) is 1.65. The van der Waals surface area contributed by atoms with Gasteiger partial charge in [0.2, 0.25) is 0 Å². The summed E-state index contributed by atoms with van der Waals surface area (Å²) in [5.74, 6) is 0.399. The predicted octanol–water partition coefficient (Wildman–Crippen LogP) is 2.22. The van der Waals surface area contributed by atoms with E-state index < -0.39 is 0 Å². The van der Waals surface area contributed by atoms with Gasteiger partial charge >= 0.3 is 5.97 Å². The Morgan fingerprint density at radius 2 is 2.11 bits per heavy atom. The van der Waals surface area contributed by atoms with Crippen molar-refractivity contribution in [3.8, 4) is 5.75 Å². The summed E-state index contributed by atoms with van der Waals surface area (Å²) in [7, 11) is 0. The van der Waals surface area contributed by atoms with Gasteiger partial charge in [-0.2, -0.15) is 0 Å². The molecule has 1 rings (SSSR count). The molecule has 1 aromatic rings. The second-order valence-corrected chi connectivity index (χ2v) is 4.53. The fourth-order valence-corrected chi connectivity index (χ4v) is 1.84. The Balaban J connectivity index is 2.77. The number of hydrogen-bond acceptors (Lipinski definition) is 4. The Morgan fingerprint density at radius 3 is 2.74 bits per heavy atom. The van der Waals surface area contributed by atoms with E-state index in [1.165, 1.54) is 0 Å². The van der Waals surface area contributed by atoms with Gasteiger partial charge in [0, 0.05) is 6.04 Å². The quantitative estimate of drug-likeness (QED) is 0.768. The minimum atomic E-state index is -0.350. The molecule has 4 heteroatoms. The fraction of sp³-hybridized carbons (Fsp3) is 0.533. The molecular formula is C15H23NO3. The van der Waals surface area contributed by atoms with E-state index >= 15 is 0 Å². The molecule has 19 heavy (non-hydrogen) atoms.